The van der Waals surface area contributed by atoms with Gasteiger partial charge in [0.1, 0.15) is 0 Å². The standard InChI is InChI=1S/C15H24BrNOS/c1-6-17-14(12-7-8(2)15(16)19-12)13-9(3)10(4)18-11(13)5/h7,9-11,13-14,17H,6H2,1-5H3. The molecule has 0 amide bonds. The van der Waals surface area contributed by atoms with Crippen LogP contribution in [0.3, 0.4) is 0 Å². The van der Waals surface area contributed by atoms with Gasteiger partial charge in [0, 0.05) is 16.8 Å². The Hall–Kier alpha value is 0.1000. The van der Waals surface area contributed by atoms with Gasteiger partial charge in [0.25, 0.3) is 0 Å². The second-order valence-electron chi connectivity index (χ2n) is 5.62. The topological polar surface area (TPSA) is 21.3 Å². The molecule has 0 spiro atoms. The molecule has 1 fully saturated rings. The molecule has 2 nitrogen and oxygen atoms in total. The van der Waals surface area contributed by atoms with Crippen molar-refractivity contribution in [2.75, 3.05) is 6.54 Å². The number of thiophene rings is 1. The van der Waals surface area contributed by atoms with Crippen LogP contribution >= 0.6 is 27.3 Å². The van der Waals surface area contributed by atoms with Crippen molar-refractivity contribution >= 4 is 27.3 Å². The van der Waals surface area contributed by atoms with Crippen LogP contribution in [-0.4, -0.2) is 18.8 Å². The van der Waals surface area contributed by atoms with Crippen LogP contribution in [0, 0.1) is 18.8 Å². The summed E-state index contributed by atoms with van der Waals surface area (Å²) >= 11 is 5.50. The van der Waals surface area contributed by atoms with E-state index in [1.54, 1.807) is 0 Å². The molecule has 5 unspecified atom stereocenters. The highest BCUT2D eigenvalue weighted by atomic mass is 79.9. The van der Waals surface area contributed by atoms with E-state index < -0.39 is 0 Å². The summed E-state index contributed by atoms with van der Waals surface area (Å²) in [6.45, 7) is 12.1. The van der Waals surface area contributed by atoms with Gasteiger partial charge >= 0.3 is 0 Å². The van der Waals surface area contributed by atoms with Gasteiger partial charge in [-0.25, -0.2) is 0 Å². The highest BCUT2D eigenvalue weighted by Crippen LogP contribution is 2.43. The largest absolute Gasteiger partial charge is 0.375 e. The summed E-state index contributed by atoms with van der Waals surface area (Å²) in [4.78, 5) is 1.42. The summed E-state index contributed by atoms with van der Waals surface area (Å²) in [6, 6.07) is 2.71. The number of hydrogen-bond acceptors (Lipinski definition) is 3. The Bertz CT molecular complexity index is 414. The molecule has 0 aromatic carbocycles. The second-order valence-corrected chi connectivity index (χ2v) is 8.03. The third-order valence-electron chi connectivity index (χ3n) is 4.31. The number of aryl methyl sites for hydroxylation is 1. The number of hydrogen-bond donors (Lipinski definition) is 1. The van der Waals surface area contributed by atoms with Crippen LogP contribution in [0.4, 0.5) is 0 Å². The molecule has 0 radical (unpaired) electrons. The summed E-state index contributed by atoms with van der Waals surface area (Å²) in [5, 5.41) is 3.67. The predicted molar refractivity (Wildman–Crippen MR) is 85.8 cm³/mol. The quantitative estimate of drug-likeness (QED) is 0.865. The van der Waals surface area contributed by atoms with Crippen molar-refractivity contribution in [3.05, 3.63) is 20.3 Å². The van der Waals surface area contributed by atoms with Gasteiger partial charge in [0.2, 0.25) is 0 Å². The van der Waals surface area contributed by atoms with Gasteiger partial charge in [-0.1, -0.05) is 13.8 Å². The smallest absolute Gasteiger partial charge is 0.0731 e. The van der Waals surface area contributed by atoms with Crippen LogP contribution in [-0.2, 0) is 4.74 Å². The van der Waals surface area contributed by atoms with Crippen molar-refractivity contribution in [3.63, 3.8) is 0 Å². The molecule has 4 heteroatoms. The van der Waals surface area contributed by atoms with Crippen molar-refractivity contribution in [1.82, 2.24) is 5.32 Å². The van der Waals surface area contributed by atoms with Crippen LogP contribution in [0.1, 0.15) is 44.2 Å². The predicted octanol–water partition coefficient (Wildman–Crippen LogP) is 4.53. The lowest BCUT2D eigenvalue weighted by atomic mass is 9.82. The van der Waals surface area contributed by atoms with E-state index in [2.05, 4.69) is 61.9 Å². The van der Waals surface area contributed by atoms with E-state index in [0.29, 0.717) is 30.1 Å². The third-order valence-corrected chi connectivity index (χ3v) is 6.53. The maximum absolute atomic E-state index is 6.02. The van der Waals surface area contributed by atoms with E-state index in [-0.39, 0.29) is 0 Å². The zero-order valence-electron chi connectivity index (χ0n) is 12.4. The minimum atomic E-state index is 0.315. The SMILES string of the molecule is CCNC(c1cc(C)c(Br)s1)C1C(C)OC(C)C1C. The maximum Gasteiger partial charge on any atom is 0.0731 e. The van der Waals surface area contributed by atoms with Crippen LogP contribution in [0.15, 0.2) is 9.85 Å². The van der Waals surface area contributed by atoms with Crippen LogP contribution in [0.25, 0.3) is 0 Å². The Balaban J connectivity index is 2.29. The first-order valence-electron chi connectivity index (χ1n) is 7.10. The van der Waals surface area contributed by atoms with Crippen molar-refractivity contribution in [1.29, 1.82) is 0 Å². The highest BCUT2D eigenvalue weighted by molar-refractivity contribution is 9.11. The molecule has 1 aromatic heterocycles. The van der Waals surface area contributed by atoms with Crippen LogP contribution < -0.4 is 5.32 Å². The Kier molecular flexibility index (Phi) is 5.09. The van der Waals surface area contributed by atoms with Gasteiger partial charge in [-0.05, 0) is 60.8 Å². The van der Waals surface area contributed by atoms with E-state index in [9.17, 15) is 0 Å². The molecule has 1 aromatic rings. The fourth-order valence-corrected chi connectivity index (χ4v) is 4.86. The van der Waals surface area contributed by atoms with Crippen molar-refractivity contribution < 1.29 is 4.74 Å². The fraction of sp³-hybridized carbons (Fsp3) is 0.733. The van der Waals surface area contributed by atoms with E-state index in [1.165, 1.54) is 14.2 Å². The van der Waals surface area contributed by atoms with Gasteiger partial charge in [-0.15, -0.1) is 11.3 Å². The molecule has 2 rings (SSSR count). The average Bonchev–Trinajstić information content (AvgIpc) is 2.79. The molecule has 5 atom stereocenters. The number of halogens is 1. The Morgan fingerprint density at radius 2 is 2.05 bits per heavy atom. The lowest BCUT2D eigenvalue weighted by Gasteiger charge is -2.29. The number of rotatable bonds is 4. The summed E-state index contributed by atoms with van der Waals surface area (Å²) in [5.74, 6) is 1.13. The lowest BCUT2D eigenvalue weighted by Crippen LogP contribution is -2.34. The zero-order chi connectivity index (χ0) is 14.2. The highest BCUT2D eigenvalue weighted by Gasteiger charge is 2.42. The Morgan fingerprint density at radius 3 is 2.47 bits per heavy atom. The Labute approximate surface area is 129 Å². The fourth-order valence-electron chi connectivity index (χ4n) is 3.15. The molecule has 1 aliphatic heterocycles. The van der Waals surface area contributed by atoms with Crippen molar-refractivity contribution in [3.8, 4) is 0 Å². The van der Waals surface area contributed by atoms with Gasteiger partial charge < -0.3 is 10.1 Å². The number of nitrogens with one attached hydrogen (secondary N) is 1. The number of ether oxygens (including phenoxy) is 1. The molecule has 1 N–H and O–H groups in total. The molecule has 108 valence electrons. The summed E-state index contributed by atoms with van der Waals surface area (Å²) < 4.78 is 7.27. The third kappa shape index (κ3) is 3.07. The maximum atomic E-state index is 6.02. The molecule has 0 saturated carbocycles. The molecule has 1 aliphatic rings. The second kappa shape index (κ2) is 6.25. The lowest BCUT2D eigenvalue weighted by molar-refractivity contribution is 0.0477. The summed E-state index contributed by atoms with van der Waals surface area (Å²) in [5.41, 5.74) is 1.33. The van der Waals surface area contributed by atoms with E-state index in [1.807, 2.05) is 11.3 Å². The monoisotopic (exact) mass is 345 g/mol. The normalized spacial score (nSPS) is 32.7. The van der Waals surface area contributed by atoms with Crippen molar-refractivity contribution in [2.45, 2.75) is 52.9 Å². The molecule has 1 saturated heterocycles. The van der Waals surface area contributed by atoms with Gasteiger partial charge in [0.15, 0.2) is 0 Å². The summed E-state index contributed by atoms with van der Waals surface area (Å²) in [6.07, 6.45) is 0.667. The van der Waals surface area contributed by atoms with Gasteiger partial charge in [-0.3, -0.25) is 0 Å². The molecule has 2 heterocycles. The average molecular weight is 346 g/mol. The molecular formula is C15H24BrNOS. The van der Waals surface area contributed by atoms with E-state index in [4.69, 9.17) is 4.74 Å². The first kappa shape index (κ1) is 15.5. The Morgan fingerprint density at radius 1 is 1.37 bits per heavy atom. The van der Waals surface area contributed by atoms with Crippen LogP contribution in [0.5, 0.6) is 0 Å². The minimum Gasteiger partial charge on any atom is -0.375 e. The zero-order valence-corrected chi connectivity index (χ0v) is 14.8. The molecule has 19 heavy (non-hydrogen) atoms. The first-order chi connectivity index (χ1) is 8.95. The van der Waals surface area contributed by atoms with Crippen molar-refractivity contribution in [2.24, 2.45) is 11.8 Å². The van der Waals surface area contributed by atoms with E-state index >= 15 is 0 Å². The van der Waals surface area contributed by atoms with Crippen LogP contribution in [0.2, 0.25) is 0 Å². The molecule has 0 bridgehead atoms. The van der Waals surface area contributed by atoms with Gasteiger partial charge in [-0.2, -0.15) is 0 Å². The summed E-state index contributed by atoms with van der Waals surface area (Å²) in [7, 11) is 0. The van der Waals surface area contributed by atoms with E-state index in [0.717, 1.165) is 6.54 Å². The molecule has 0 aliphatic carbocycles. The minimum absolute atomic E-state index is 0.315. The first-order valence-corrected chi connectivity index (χ1v) is 8.71. The molecular weight excluding hydrogens is 322 g/mol. The van der Waals surface area contributed by atoms with Gasteiger partial charge in [0.05, 0.1) is 16.0 Å².